The Morgan fingerprint density at radius 2 is 2.47 bits per heavy atom. The molecule has 2 heterocycles. The molecule has 0 saturated carbocycles. The van der Waals surface area contributed by atoms with Crippen LogP contribution in [0.4, 0.5) is 0 Å². The molecule has 1 amide bonds. The third kappa shape index (κ3) is 3.94. The van der Waals surface area contributed by atoms with Crippen LogP contribution in [0.15, 0.2) is 30.6 Å². The van der Waals surface area contributed by atoms with Crippen molar-refractivity contribution >= 4 is 34.9 Å². The van der Waals surface area contributed by atoms with Crippen molar-refractivity contribution in [2.24, 2.45) is 0 Å². The quantitative estimate of drug-likeness (QED) is 0.831. The number of aromatic nitrogens is 2. The second-order valence-corrected chi connectivity index (χ2v) is 5.67. The normalized spacial score (nSPS) is 12.7. The van der Waals surface area contributed by atoms with Crippen LogP contribution < -0.4 is 5.32 Å². The molecule has 100 valence electrons. The van der Waals surface area contributed by atoms with Crippen molar-refractivity contribution in [1.82, 2.24) is 15.3 Å². The van der Waals surface area contributed by atoms with Crippen molar-refractivity contribution in [1.29, 1.82) is 0 Å². The molecule has 2 aromatic heterocycles. The summed E-state index contributed by atoms with van der Waals surface area (Å²) in [4.78, 5) is 19.9. The Kier molecular flexibility index (Phi) is 4.76. The number of carbonyl (C=O) groups excluding carboxylic acids is 1. The highest BCUT2D eigenvalue weighted by molar-refractivity contribution is 7.17. The van der Waals surface area contributed by atoms with Gasteiger partial charge in [-0.15, -0.1) is 11.3 Å². The summed E-state index contributed by atoms with van der Waals surface area (Å²) in [5, 5.41) is 2.90. The number of aromatic amines is 1. The number of carbonyl (C=O) groups is 1. The molecular weight excluding hydrogens is 282 g/mol. The van der Waals surface area contributed by atoms with Crippen molar-refractivity contribution in [3.8, 4) is 0 Å². The minimum atomic E-state index is -0.146. The average molecular weight is 296 g/mol. The molecule has 4 nitrogen and oxygen atoms in total. The van der Waals surface area contributed by atoms with Gasteiger partial charge in [-0.2, -0.15) is 0 Å². The van der Waals surface area contributed by atoms with Gasteiger partial charge in [0, 0.05) is 23.3 Å². The number of imidazole rings is 1. The van der Waals surface area contributed by atoms with E-state index >= 15 is 0 Å². The fraction of sp³-hybridized carbons (Fsp3) is 0.231. The maximum atomic E-state index is 11.8. The minimum absolute atomic E-state index is 0.0981. The standard InChI is InChI=1S/C13H14ClN3OS/c1-2-10(13-15-7-8-16-13)17-12(18)6-4-9-3-5-11(14)19-9/h3-8,10H,2H2,1H3,(H,15,16)(H,17,18)/b6-4+. The lowest BCUT2D eigenvalue weighted by molar-refractivity contribution is -0.117. The summed E-state index contributed by atoms with van der Waals surface area (Å²) in [6.07, 6.45) is 7.45. The lowest BCUT2D eigenvalue weighted by Gasteiger charge is -2.12. The highest BCUT2D eigenvalue weighted by Gasteiger charge is 2.12. The molecule has 2 aromatic rings. The Hall–Kier alpha value is -1.59. The molecular formula is C13H14ClN3OS. The van der Waals surface area contributed by atoms with Crippen LogP contribution in [-0.4, -0.2) is 15.9 Å². The van der Waals surface area contributed by atoms with E-state index in [1.165, 1.54) is 17.4 Å². The van der Waals surface area contributed by atoms with E-state index in [1.54, 1.807) is 18.5 Å². The van der Waals surface area contributed by atoms with Crippen LogP contribution in [0.2, 0.25) is 4.34 Å². The first-order valence-corrected chi connectivity index (χ1v) is 7.11. The molecule has 6 heteroatoms. The van der Waals surface area contributed by atoms with E-state index in [-0.39, 0.29) is 11.9 Å². The van der Waals surface area contributed by atoms with E-state index in [0.29, 0.717) is 4.34 Å². The maximum absolute atomic E-state index is 11.8. The van der Waals surface area contributed by atoms with Crippen molar-refractivity contribution < 1.29 is 4.79 Å². The zero-order valence-electron chi connectivity index (χ0n) is 10.4. The molecule has 0 fully saturated rings. The second kappa shape index (κ2) is 6.54. The molecule has 2 rings (SSSR count). The van der Waals surface area contributed by atoms with Gasteiger partial charge in [-0.1, -0.05) is 18.5 Å². The first-order valence-electron chi connectivity index (χ1n) is 5.92. The lowest BCUT2D eigenvalue weighted by Crippen LogP contribution is -2.27. The Labute approximate surface area is 120 Å². The van der Waals surface area contributed by atoms with Crippen LogP contribution in [0.25, 0.3) is 6.08 Å². The number of thiophene rings is 1. The van der Waals surface area contributed by atoms with Gasteiger partial charge in [0.2, 0.25) is 5.91 Å². The Morgan fingerprint density at radius 1 is 1.63 bits per heavy atom. The van der Waals surface area contributed by atoms with Gasteiger partial charge < -0.3 is 10.3 Å². The molecule has 0 aliphatic heterocycles. The van der Waals surface area contributed by atoms with Crippen molar-refractivity contribution in [3.05, 3.63) is 45.6 Å². The minimum Gasteiger partial charge on any atom is -0.347 e. The molecule has 19 heavy (non-hydrogen) atoms. The smallest absolute Gasteiger partial charge is 0.244 e. The van der Waals surface area contributed by atoms with E-state index in [4.69, 9.17) is 11.6 Å². The Bertz CT molecular complexity index is 562. The van der Waals surface area contributed by atoms with Crippen molar-refractivity contribution in [3.63, 3.8) is 0 Å². The summed E-state index contributed by atoms with van der Waals surface area (Å²) in [7, 11) is 0. The number of H-pyrrole nitrogens is 1. The van der Waals surface area contributed by atoms with Crippen LogP contribution >= 0.6 is 22.9 Å². The number of halogens is 1. The zero-order chi connectivity index (χ0) is 13.7. The van der Waals surface area contributed by atoms with Gasteiger partial charge in [-0.05, 0) is 24.6 Å². The van der Waals surface area contributed by atoms with Gasteiger partial charge in [0.1, 0.15) is 5.82 Å². The van der Waals surface area contributed by atoms with Crippen LogP contribution in [0, 0.1) is 0 Å². The molecule has 0 aliphatic carbocycles. The van der Waals surface area contributed by atoms with Gasteiger partial charge in [0.25, 0.3) is 0 Å². The monoisotopic (exact) mass is 295 g/mol. The Balaban J connectivity index is 1.95. The SMILES string of the molecule is CCC(NC(=O)/C=C/c1ccc(Cl)s1)c1ncc[nH]1. The molecule has 1 unspecified atom stereocenters. The predicted molar refractivity (Wildman–Crippen MR) is 78.1 cm³/mol. The van der Waals surface area contributed by atoms with Crippen LogP contribution in [0.5, 0.6) is 0 Å². The Morgan fingerprint density at radius 3 is 3.05 bits per heavy atom. The van der Waals surface area contributed by atoms with Crippen molar-refractivity contribution in [2.45, 2.75) is 19.4 Å². The average Bonchev–Trinajstić information content (AvgIpc) is 3.05. The van der Waals surface area contributed by atoms with E-state index in [1.807, 2.05) is 19.1 Å². The topological polar surface area (TPSA) is 57.8 Å². The molecule has 0 spiro atoms. The fourth-order valence-electron chi connectivity index (χ4n) is 1.63. The van der Waals surface area contributed by atoms with Crippen LogP contribution in [0.3, 0.4) is 0 Å². The van der Waals surface area contributed by atoms with E-state index < -0.39 is 0 Å². The first-order chi connectivity index (χ1) is 9.19. The largest absolute Gasteiger partial charge is 0.347 e. The molecule has 0 radical (unpaired) electrons. The molecule has 1 atom stereocenters. The second-order valence-electron chi connectivity index (χ2n) is 3.92. The fourth-order valence-corrected chi connectivity index (χ4v) is 2.59. The summed E-state index contributed by atoms with van der Waals surface area (Å²) in [5.41, 5.74) is 0. The van der Waals surface area contributed by atoms with Gasteiger partial charge in [0.15, 0.2) is 0 Å². The first kappa shape index (κ1) is 13.8. The molecule has 0 aliphatic rings. The molecule has 0 saturated heterocycles. The molecule has 0 aromatic carbocycles. The summed E-state index contributed by atoms with van der Waals surface area (Å²) < 4.78 is 0.710. The van der Waals surface area contributed by atoms with E-state index in [9.17, 15) is 4.79 Å². The maximum Gasteiger partial charge on any atom is 0.244 e. The number of rotatable bonds is 5. The van der Waals surface area contributed by atoms with Gasteiger partial charge in [-0.3, -0.25) is 4.79 Å². The lowest BCUT2D eigenvalue weighted by atomic mass is 10.2. The number of hydrogen-bond acceptors (Lipinski definition) is 3. The third-order valence-electron chi connectivity index (χ3n) is 2.57. The van der Waals surface area contributed by atoms with E-state index in [2.05, 4.69) is 15.3 Å². The molecule has 0 bridgehead atoms. The van der Waals surface area contributed by atoms with Gasteiger partial charge in [0.05, 0.1) is 10.4 Å². The molecule has 2 N–H and O–H groups in total. The number of hydrogen-bond donors (Lipinski definition) is 2. The summed E-state index contributed by atoms with van der Waals surface area (Å²) in [5.74, 6) is 0.621. The summed E-state index contributed by atoms with van der Waals surface area (Å²) in [6, 6.07) is 3.58. The summed E-state index contributed by atoms with van der Waals surface area (Å²) >= 11 is 7.25. The predicted octanol–water partition coefficient (Wildman–Crippen LogP) is 3.41. The zero-order valence-corrected chi connectivity index (χ0v) is 12.0. The third-order valence-corrected chi connectivity index (χ3v) is 3.76. The van der Waals surface area contributed by atoms with Crippen LogP contribution in [-0.2, 0) is 4.79 Å². The number of nitrogens with zero attached hydrogens (tertiary/aromatic N) is 1. The van der Waals surface area contributed by atoms with E-state index in [0.717, 1.165) is 17.1 Å². The summed E-state index contributed by atoms with van der Waals surface area (Å²) in [6.45, 7) is 2.00. The number of nitrogens with one attached hydrogen (secondary N) is 2. The number of amides is 1. The van der Waals surface area contributed by atoms with Crippen LogP contribution in [0.1, 0.15) is 30.1 Å². The van der Waals surface area contributed by atoms with Gasteiger partial charge in [-0.25, -0.2) is 4.98 Å². The highest BCUT2D eigenvalue weighted by Crippen LogP contribution is 2.22. The highest BCUT2D eigenvalue weighted by atomic mass is 35.5. The van der Waals surface area contributed by atoms with Gasteiger partial charge >= 0.3 is 0 Å². The van der Waals surface area contributed by atoms with Crippen molar-refractivity contribution in [2.75, 3.05) is 0 Å².